The Morgan fingerprint density at radius 2 is 1.72 bits per heavy atom. The van der Waals surface area contributed by atoms with Crippen LogP contribution in [0, 0.1) is 10.8 Å². The molecule has 0 aliphatic rings. The Balaban J connectivity index is 3.71. The monoisotopic (exact) mass is 376 g/mol. The molecule has 0 radical (unpaired) electrons. The van der Waals surface area contributed by atoms with E-state index in [1.807, 2.05) is 13.8 Å². The predicted molar refractivity (Wildman–Crippen MR) is 103 cm³/mol. The molecule has 0 aromatic rings. The first-order valence-corrected chi connectivity index (χ1v) is 9.83. The highest BCUT2D eigenvalue weighted by atomic mass is 32.2. The van der Waals surface area contributed by atoms with Crippen molar-refractivity contribution in [1.82, 2.24) is 10.0 Å². The highest BCUT2D eigenvalue weighted by molar-refractivity contribution is 7.97. The molecule has 148 valence electrons. The van der Waals surface area contributed by atoms with Crippen LogP contribution in [0.5, 0.6) is 0 Å². The number of ether oxygens (including phenoxy) is 2. The topological polar surface area (TPSA) is 76.7 Å². The Labute approximate surface area is 157 Å². The summed E-state index contributed by atoms with van der Waals surface area (Å²) in [6, 6.07) is 0. The lowest BCUT2D eigenvalue weighted by Crippen LogP contribution is -2.36. The molecular weight excluding hydrogens is 340 g/mol. The molecule has 2 N–H and O–H groups in total. The molecule has 0 heterocycles. The third-order valence-electron chi connectivity index (χ3n) is 3.40. The van der Waals surface area contributed by atoms with Gasteiger partial charge < -0.3 is 14.8 Å². The number of rotatable bonds is 13. The number of nitrogens with one attached hydrogen (secondary N) is 2. The first-order chi connectivity index (χ1) is 11.6. The summed E-state index contributed by atoms with van der Waals surface area (Å²) >= 11 is 1.38. The third kappa shape index (κ3) is 14.1. The maximum absolute atomic E-state index is 12.3. The summed E-state index contributed by atoms with van der Waals surface area (Å²) in [7, 11) is 1.62. The van der Waals surface area contributed by atoms with Crippen LogP contribution in [-0.2, 0) is 19.1 Å². The van der Waals surface area contributed by atoms with Crippen molar-refractivity contribution < 1.29 is 19.1 Å². The highest BCUT2D eigenvalue weighted by Gasteiger charge is 2.32. The van der Waals surface area contributed by atoms with Gasteiger partial charge in [0.15, 0.2) is 0 Å². The molecular formula is C18H36N2O4S. The molecule has 6 nitrogen and oxygen atoms in total. The molecule has 0 aromatic heterocycles. The van der Waals surface area contributed by atoms with Crippen LogP contribution in [0.2, 0.25) is 0 Å². The summed E-state index contributed by atoms with van der Waals surface area (Å²) in [6.45, 7) is 12.4. The number of amides is 2. The Bertz CT molecular complexity index is 395. The fourth-order valence-corrected chi connectivity index (χ4v) is 3.36. The SMILES string of the molecule is COCCOCCNC(=O)CCCSNC(=O)C(C)(C)CC(C)(C)C. The van der Waals surface area contributed by atoms with Crippen LogP contribution in [0.4, 0.5) is 0 Å². The van der Waals surface area contributed by atoms with E-state index in [0.717, 1.165) is 18.6 Å². The van der Waals surface area contributed by atoms with Gasteiger partial charge in [-0.2, -0.15) is 0 Å². The number of hydrogen-bond donors (Lipinski definition) is 2. The fraction of sp³-hybridized carbons (Fsp3) is 0.889. The van der Waals surface area contributed by atoms with Crippen molar-refractivity contribution in [2.75, 3.05) is 39.2 Å². The molecule has 0 rings (SSSR count). The zero-order valence-electron chi connectivity index (χ0n) is 16.7. The van der Waals surface area contributed by atoms with Crippen LogP contribution >= 0.6 is 11.9 Å². The lowest BCUT2D eigenvalue weighted by atomic mass is 9.76. The van der Waals surface area contributed by atoms with E-state index in [1.165, 1.54) is 11.9 Å². The van der Waals surface area contributed by atoms with Gasteiger partial charge in [-0.15, -0.1) is 0 Å². The van der Waals surface area contributed by atoms with Crippen LogP contribution in [0.1, 0.15) is 53.9 Å². The largest absolute Gasteiger partial charge is 0.382 e. The summed E-state index contributed by atoms with van der Waals surface area (Å²) < 4.78 is 13.0. The highest BCUT2D eigenvalue weighted by Crippen LogP contribution is 2.33. The molecule has 0 spiro atoms. The van der Waals surface area contributed by atoms with Crippen LogP contribution in [-0.4, -0.2) is 51.0 Å². The Morgan fingerprint density at radius 3 is 2.32 bits per heavy atom. The van der Waals surface area contributed by atoms with Gasteiger partial charge in [-0.25, -0.2) is 0 Å². The number of carbonyl (C=O) groups is 2. The van der Waals surface area contributed by atoms with Gasteiger partial charge in [0.2, 0.25) is 11.8 Å². The molecule has 0 unspecified atom stereocenters. The van der Waals surface area contributed by atoms with Crippen molar-refractivity contribution in [2.24, 2.45) is 10.8 Å². The van der Waals surface area contributed by atoms with Crippen molar-refractivity contribution in [1.29, 1.82) is 0 Å². The second-order valence-corrected chi connectivity index (χ2v) is 8.86. The summed E-state index contributed by atoms with van der Waals surface area (Å²) in [5.41, 5.74) is -0.289. The van der Waals surface area contributed by atoms with Crippen molar-refractivity contribution >= 4 is 23.8 Å². The zero-order valence-corrected chi connectivity index (χ0v) is 17.5. The standard InChI is InChI=1S/C18H36N2O4S/c1-17(2,3)14-18(4,5)16(22)20-25-13-7-8-15(21)19-9-10-24-12-11-23-6/h7-14H2,1-6H3,(H,19,21)(H,20,22). The molecule has 7 heteroatoms. The maximum Gasteiger partial charge on any atom is 0.235 e. The first kappa shape index (κ1) is 24.2. The van der Waals surface area contributed by atoms with Gasteiger partial charge in [0.25, 0.3) is 0 Å². The Morgan fingerprint density at radius 1 is 1.04 bits per heavy atom. The molecule has 25 heavy (non-hydrogen) atoms. The quantitative estimate of drug-likeness (QED) is 0.382. The van der Waals surface area contributed by atoms with Crippen LogP contribution in [0.15, 0.2) is 0 Å². The molecule has 2 amide bonds. The van der Waals surface area contributed by atoms with E-state index >= 15 is 0 Å². The van der Waals surface area contributed by atoms with E-state index in [2.05, 4.69) is 30.8 Å². The van der Waals surface area contributed by atoms with Crippen LogP contribution in [0.25, 0.3) is 0 Å². The minimum absolute atomic E-state index is 0.00957. The molecule has 0 atom stereocenters. The molecule has 0 aromatic carbocycles. The smallest absolute Gasteiger partial charge is 0.235 e. The van der Waals surface area contributed by atoms with Crippen molar-refractivity contribution in [3.8, 4) is 0 Å². The number of hydrogen-bond acceptors (Lipinski definition) is 5. The van der Waals surface area contributed by atoms with E-state index < -0.39 is 5.41 Å². The summed E-state index contributed by atoms with van der Waals surface area (Å²) in [5.74, 6) is 0.773. The lowest BCUT2D eigenvalue weighted by molar-refractivity contribution is -0.128. The zero-order chi connectivity index (χ0) is 19.3. The van der Waals surface area contributed by atoms with Gasteiger partial charge in [-0.1, -0.05) is 46.6 Å². The first-order valence-electron chi connectivity index (χ1n) is 8.84. The summed E-state index contributed by atoms with van der Waals surface area (Å²) in [5, 5.41) is 2.81. The van der Waals surface area contributed by atoms with Crippen molar-refractivity contribution in [3.63, 3.8) is 0 Å². The van der Waals surface area contributed by atoms with Gasteiger partial charge in [0.05, 0.1) is 19.8 Å². The maximum atomic E-state index is 12.3. The Hall–Kier alpha value is -0.790. The fourth-order valence-electron chi connectivity index (χ4n) is 2.56. The second kappa shape index (κ2) is 12.5. The molecule has 0 fully saturated rings. The van der Waals surface area contributed by atoms with E-state index in [9.17, 15) is 9.59 Å². The normalized spacial score (nSPS) is 12.1. The van der Waals surface area contributed by atoms with Crippen molar-refractivity contribution in [2.45, 2.75) is 53.9 Å². The van der Waals surface area contributed by atoms with E-state index in [4.69, 9.17) is 9.47 Å². The number of carbonyl (C=O) groups excluding carboxylic acids is 2. The summed E-state index contributed by atoms with van der Waals surface area (Å²) in [6.07, 6.45) is 1.99. The third-order valence-corrected chi connectivity index (χ3v) is 4.22. The van der Waals surface area contributed by atoms with Gasteiger partial charge in [0, 0.05) is 31.2 Å². The Kier molecular flexibility index (Phi) is 12.1. The van der Waals surface area contributed by atoms with Gasteiger partial charge in [0.1, 0.15) is 0 Å². The van der Waals surface area contributed by atoms with Gasteiger partial charge in [-0.3, -0.25) is 14.3 Å². The molecule has 0 aliphatic heterocycles. The van der Waals surface area contributed by atoms with Gasteiger partial charge in [-0.05, 0) is 18.3 Å². The predicted octanol–water partition coefficient (Wildman–Crippen LogP) is 2.77. The number of methoxy groups -OCH3 is 1. The van der Waals surface area contributed by atoms with E-state index in [1.54, 1.807) is 7.11 Å². The molecule has 0 aliphatic carbocycles. The average Bonchev–Trinajstić information content (AvgIpc) is 2.47. The lowest BCUT2D eigenvalue weighted by Gasteiger charge is -2.30. The molecule has 0 bridgehead atoms. The van der Waals surface area contributed by atoms with Crippen LogP contribution in [0.3, 0.4) is 0 Å². The summed E-state index contributed by atoms with van der Waals surface area (Å²) in [4.78, 5) is 23.9. The minimum atomic E-state index is -0.397. The van der Waals surface area contributed by atoms with Crippen LogP contribution < -0.4 is 10.0 Å². The average molecular weight is 377 g/mol. The molecule has 0 saturated carbocycles. The van der Waals surface area contributed by atoms with Crippen molar-refractivity contribution in [3.05, 3.63) is 0 Å². The molecule has 0 saturated heterocycles. The van der Waals surface area contributed by atoms with E-state index in [-0.39, 0.29) is 17.2 Å². The second-order valence-electron chi connectivity index (χ2n) is 7.96. The minimum Gasteiger partial charge on any atom is -0.382 e. The van der Waals surface area contributed by atoms with E-state index in [0.29, 0.717) is 32.8 Å². The van der Waals surface area contributed by atoms with Gasteiger partial charge >= 0.3 is 0 Å².